The van der Waals surface area contributed by atoms with E-state index in [9.17, 15) is 4.79 Å². The highest BCUT2D eigenvalue weighted by atomic mass is 79.9. The van der Waals surface area contributed by atoms with Gasteiger partial charge in [-0.05, 0) is 49.5 Å². The van der Waals surface area contributed by atoms with Gasteiger partial charge in [0, 0.05) is 10.0 Å². The van der Waals surface area contributed by atoms with Crippen molar-refractivity contribution in [2.75, 3.05) is 0 Å². The zero-order valence-electron chi connectivity index (χ0n) is 8.72. The highest BCUT2D eigenvalue weighted by Gasteiger charge is 2.16. The molecule has 0 N–H and O–H groups in total. The van der Waals surface area contributed by atoms with E-state index < -0.39 is 0 Å². The molecule has 0 atom stereocenters. The van der Waals surface area contributed by atoms with Gasteiger partial charge in [-0.3, -0.25) is 4.79 Å². The number of rotatable bonds is 2. The Kier molecular flexibility index (Phi) is 3.06. The molecule has 0 aromatic heterocycles. The van der Waals surface area contributed by atoms with Gasteiger partial charge in [-0.25, -0.2) is 0 Å². The number of carbonyl (C=O) groups is 1. The molecule has 0 saturated heterocycles. The van der Waals surface area contributed by atoms with Gasteiger partial charge in [0.15, 0.2) is 5.78 Å². The standard InChI is InChI=1S/C13H13BrO/c1-9-6-7-11(14)8-12(9)13(15)10-4-2-3-5-10/h4,6-8H,2-3,5H2,1H3. The first-order valence-electron chi connectivity index (χ1n) is 5.18. The summed E-state index contributed by atoms with van der Waals surface area (Å²) in [4.78, 5) is 12.1. The summed E-state index contributed by atoms with van der Waals surface area (Å²) in [6.45, 7) is 1.98. The van der Waals surface area contributed by atoms with Gasteiger partial charge in [-0.15, -0.1) is 0 Å². The fourth-order valence-corrected chi connectivity index (χ4v) is 2.25. The number of benzene rings is 1. The van der Waals surface area contributed by atoms with Crippen molar-refractivity contribution >= 4 is 21.7 Å². The molecule has 2 rings (SSSR count). The third-order valence-corrected chi connectivity index (χ3v) is 3.27. The third kappa shape index (κ3) is 2.20. The second-order valence-electron chi connectivity index (χ2n) is 3.91. The van der Waals surface area contributed by atoms with Crippen molar-refractivity contribution in [2.45, 2.75) is 26.2 Å². The van der Waals surface area contributed by atoms with Crippen LogP contribution in [0.15, 0.2) is 34.3 Å². The summed E-state index contributed by atoms with van der Waals surface area (Å²) in [6, 6.07) is 5.86. The smallest absolute Gasteiger partial charge is 0.188 e. The highest BCUT2D eigenvalue weighted by Crippen LogP contribution is 2.25. The number of carbonyl (C=O) groups excluding carboxylic acids is 1. The number of halogens is 1. The fraction of sp³-hybridized carbons (Fsp3) is 0.308. The molecule has 2 heteroatoms. The summed E-state index contributed by atoms with van der Waals surface area (Å²) in [5, 5.41) is 0. The van der Waals surface area contributed by atoms with Crippen LogP contribution in [-0.4, -0.2) is 5.78 Å². The van der Waals surface area contributed by atoms with E-state index in [1.54, 1.807) is 0 Å². The van der Waals surface area contributed by atoms with Gasteiger partial charge >= 0.3 is 0 Å². The topological polar surface area (TPSA) is 17.1 Å². The van der Waals surface area contributed by atoms with E-state index in [-0.39, 0.29) is 5.78 Å². The lowest BCUT2D eigenvalue weighted by Gasteiger charge is -2.06. The maximum absolute atomic E-state index is 12.1. The lowest BCUT2D eigenvalue weighted by molar-refractivity contribution is 0.103. The average Bonchev–Trinajstić information content (AvgIpc) is 2.74. The molecular weight excluding hydrogens is 252 g/mol. The molecule has 78 valence electrons. The molecule has 1 aliphatic rings. The molecule has 0 heterocycles. The second kappa shape index (κ2) is 4.31. The molecule has 0 amide bonds. The molecule has 0 fully saturated rings. The van der Waals surface area contributed by atoms with Gasteiger partial charge in [0.25, 0.3) is 0 Å². The molecular formula is C13H13BrO. The summed E-state index contributed by atoms with van der Waals surface area (Å²) < 4.78 is 0.968. The van der Waals surface area contributed by atoms with Gasteiger partial charge in [0.1, 0.15) is 0 Å². The van der Waals surface area contributed by atoms with E-state index >= 15 is 0 Å². The predicted molar refractivity (Wildman–Crippen MR) is 65.1 cm³/mol. The molecule has 0 unspecified atom stereocenters. The van der Waals surface area contributed by atoms with Crippen molar-refractivity contribution in [1.82, 2.24) is 0 Å². The van der Waals surface area contributed by atoms with Gasteiger partial charge in [-0.2, -0.15) is 0 Å². The largest absolute Gasteiger partial charge is 0.289 e. The number of hydrogen-bond acceptors (Lipinski definition) is 1. The number of ketones is 1. The van der Waals surface area contributed by atoms with Crippen molar-refractivity contribution in [3.63, 3.8) is 0 Å². The number of allylic oxidation sites excluding steroid dienone is 2. The predicted octanol–water partition coefficient (Wildman–Crippen LogP) is 4.05. The van der Waals surface area contributed by atoms with Crippen LogP contribution in [0.2, 0.25) is 0 Å². The molecule has 1 aromatic carbocycles. The van der Waals surface area contributed by atoms with Gasteiger partial charge in [0.2, 0.25) is 0 Å². The quantitative estimate of drug-likeness (QED) is 0.737. The first-order valence-corrected chi connectivity index (χ1v) is 5.97. The molecule has 15 heavy (non-hydrogen) atoms. The zero-order chi connectivity index (χ0) is 10.8. The van der Waals surface area contributed by atoms with Crippen LogP contribution in [0.25, 0.3) is 0 Å². The van der Waals surface area contributed by atoms with Crippen molar-refractivity contribution in [3.05, 3.63) is 45.4 Å². The monoisotopic (exact) mass is 264 g/mol. The van der Waals surface area contributed by atoms with Crippen molar-refractivity contribution in [1.29, 1.82) is 0 Å². The molecule has 1 nitrogen and oxygen atoms in total. The molecule has 1 aliphatic carbocycles. The maximum atomic E-state index is 12.1. The summed E-state index contributed by atoms with van der Waals surface area (Å²) in [5.41, 5.74) is 2.87. The number of hydrogen-bond donors (Lipinski definition) is 0. The third-order valence-electron chi connectivity index (χ3n) is 2.78. The average molecular weight is 265 g/mol. The molecule has 0 saturated carbocycles. The summed E-state index contributed by atoms with van der Waals surface area (Å²) >= 11 is 3.40. The summed E-state index contributed by atoms with van der Waals surface area (Å²) in [5.74, 6) is 0.200. The van der Waals surface area contributed by atoms with E-state index in [2.05, 4.69) is 22.0 Å². The normalized spacial score (nSPS) is 15.2. The Morgan fingerprint density at radius 3 is 2.87 bits per heavy atom. The Hall–Kier alpha value is -0.890. The van der Waals surface area contributed by atoms with Crippen molar-refractivity contribution in [3.8, 4) is 0 Å². The number of Topliss-reactive ketones (excluding diaryl/α,β-unsaturated/α-hetero) is 1. The van der Waals surface area contributed by atoms with Crippen LogP contribution in [0.3, 0.4) is 0 Å². The Morgan fingerprint density at radius 2 is 2.20 bits per heavy atom. The lowest BCUT2D eigenvalue weighted by atomic mass is 9.99. The van der Waals surface area contributed by atoms with Crippen LogP contribution in [0.5, 0.6) is 0 Å². The van der Waals surface area contributed by atoms with Crippen molar-refractivity contribution < 1.29 is 4.79 Å². The first-order chi connectivity index (χ1) is 7.18. The van der Waals surface area contributed by atoms with E-state index in [1.807, 2.05) is 25.1 Å². The van der Waals surface area contributed by atoms with Crippen molar-refractivity contribution in [2.24, 2.45) is 0 Å². The Bertz CT molecular complexity index is 432. The van der Waals surface area contributed by atoms with E-state index in [1.165, 1.54) is 0 Å². The lowest BCUT2D eigenvalue weighted by Crippen LogP contribution is -2.03. The second-order valence-corrected chi connectivity index (χ2v) is 4.83. The van der Waals surface area contributed by atoms with Crippen LogP contribution in [0, 0.1) is 6.92 Å². The van der Waals surface area contributed by atoms with Crippen LogP contribution < -0.4 is 0 Å². The van der Waals surface area contributed by atoms with Gasteiger partial charge < -0.3 is 0 Å². The van der Waals surface area contributed by atoms with E-state index in [4.69, 9.17) is 0 Å². The van der Waals surface area contributed by atoms with Crippen LogP contribution in [0.4, 0.5) is 0 Å². The molecule has 0 bridgehead atoms. The van der Waals surface area contributed by atoms with Crippen LogP contribution in [-0.2, 0) is 0 Å². The minimum absolute atomic E-state index is 0.200. The zero-order valence-corrected chi connectivity index (χ0v) is 10.3. The Labute approximate surface area is 98.3 Å². The minimum Gasteiger partial charge on any atom is -0.289 e. The maximum Gasteiger partial charge on any atom is 0.188 e. The molecule has 1 aromatic rings. The van der Waals surface area contributed by atoms with Gasteiger partial charge in [-0.1, -0.05) is 28.1 Å². The minimum atomic E-state index is 0.200. The SMILES string of the molecule is Cc1ccc(Br)cc1C(=O)C1=CCCC1. The van der Waals surface area contributed by atoms with E-state index in [0.717, 1.165) is 40.4 Å². The molecule has 0 aliphatic heterocycles. The highest BCUT2D eigenvalue weighted by molar-refractivity contribution is 9.10. The molecule has 0 radical (unpaired) electrons. The first kappa shape index (κ1) is 10.6. The van der Waals surface area contributed by atoms with Crippen LogP contribution >= 0.6 is 15.9 Å². The van der Waals surface area contributed by atoms with Crippen LogP contribution in [0.1, 0.15) is 35.2 Å². The summed E-state index contributed by atoms with van der Waals surface area (Å²) in [7, 11) is 0. The summed E-state index contributed by atoms with van der Waals surface area (Å²) in [6.07, 6.45) is 5.18. The Morgan fingerprint density at radius 1 is 1.40 bits per heavy atom. The van der Waals surface area contributed by atoms with Gasteiger partial charge in [0.05, 0.1) is 0 Å². The molecule has 0 spiro atoms. The Balaban J connectivity index is 2.36. The fourth-order valence-electron chi connectivity index (χ4n) is 1.89. The van der Waals surface area contributed by atoms with E-state index in [0.29, 0.717) is 0 Å². The number of aryl methyl sites for hydroxylation is 1.